The summed E-state index contributed by atoms with van der Waals surface area (Å²) in [6, 6.07) is 85.1. The van der Waals surface area contributed by atoms with Crippen molar-refractivity contribution in [2.45, 2.75) is 0 Å². The van der Waals surface area contributed by atoms with Gasteiger partial charge < -0.3 is 0 Å². The van der Waals surface area contributed by atoms with E-state index in [1.165, 1.54) is 120 Å². The van der Waals surface area contributed by atoms with Crippen LogP contribution in [0.1, 0.15) is 0 Å². The second-order valence-corrected chi connectivity index (χ2v) is 15.9. The molecule has 0 spiro atoms. The van der Waals surface area contributed by atoms with Crippen LogP contribution in [0.5, 0.6) is 0 Å². The number of hydrogen-bond acceptors (Lipinski definition) is 0. The highest BCUT2D eigenvalue weighted by molar-refractivity contribution is 6.27. The van der Waals surface area contributed by atoms with Crippen LogP contribution >= 0.6 is 0 Å². The molecule has 60 heavy (non-hydrogen) atoms. The van der Waals surface area contributed by atoms with Gasteiger partial charge in [-0.1, -0.05) is 218 Å². The summed E-state index contributed by atoms with van der Waals surface area (Å²) in [7, 11) is 0. The Morgan fingerprint density at radius 3 is 0.850 bits per heavy atom. The molecule has 0 bridgehead atoms. The van der Waals surface area contributed by atoms with Crippen LogP contribution in [-0.4, -0.2) is 0 Å². The maximum absolute atomic E-state index is 2.41. The van der Waals surface area contributed by atoms with Crippen LogP contribution < -0.4 is 0 Å². The van der Waals surface area contributed by atoms with Gasteiger partial charge in [0, 0.05) is 0 Å². The van der Waals surface area contributed by atoms with Gasteiger partial charge in [-0.25, -0.2) is 0 Å². The Hall–Kier alpha value is -7.80. The smallest absolute Gasteiger partial charge is 0.00199 e. The second kappa shape index (κ2) is 13.9. The largest absolute Gasteiger partial charge is 0.0622 e. The zero-order valence-electron chi connectivity index (χ0n) is 32.9. The van der Waals surface area contributed by atoms with Crippen molar-refractivity contribution in [2.75, 3.05) is 0 Å². The third kappa shape index (κ3) is 5.32. The summed E-state index contributed by atoms with van der Waals surface area (Å²) >= 11 is 0. The molecule has 278 valence electrons. The van der Waals surface area contributed by atoms with E-state index in [9.17, 15) is 0 Å². The minimum Gasteiger partial charge on any atom is -0.0622 e. The van der Waals surface area contributed by atoms with Gasteiger partial charge in [0.15, 0.2) is 0 Å². The van der Waals surface area contributed by atoms with E-state index in [1.807, 2.05) is 0 Å². The lowest BCUT2D eigenvalue weighted by atomic mass is 9.81. The molecule has 12 aromatic rings. The van der Waals surface area contributed by atoms with Crippen molar-refractivity contribution in [3.8, 4) is 55.6 Å². The maximum Gasteiger partial charge on any atom is -0.00199 e. The molecule has 0 aliphatic carbocycles. The molecule has 0 aromatic heterocycles. The van der Waals surface area contributed by atoms with Crippen LogP contribution in [0.25, 0.3) is 120 Å². The van der Waals surface area contributed by atoms with Crippen LogP contribution in [0, 0.1) is 0 Å². The highest BCUT2D eigenvalue weighted by Crippen LogP contribution is 2.50. The van der Waals surface area contributed by atoms with Crippen LogP contribution in [0.3, 0.4) is 0 Å². The third-order valence-corrected chi connectivity index (χ3v) is 12.6. The van der Waals surface area contributed by atoms with Crippen molar-refractivity contribution < 1.29 is 0 Å². The standard InChI is InChI=1S/C60H38/c1-3-19-39(20-4-1)55-37-41-23-7-8-24-42(41)38-56(55)60-51-33-17-15-31-49(51)59(50-32-16-18-34-52(50)60)54-36-35-53(43-25-9-10-26-44(43)54)58-47-29-13-11-27-45(47)57(40-21-5-2-6-22-40)46-28-12-14-30-48(46)58/h1-38H. The first kappa shape index (κ1) is 34.3. The Morgan fingerprint density at radius 2 is 0.450 bits per heavy atom. The van der Waals surface area contributed by atoms with Gasteiger partial charge in [0.05, 0.1) is 0 Å². The van der Waals surface area contributed by atoms with E-state index in [1.54, 1.807) is 0 Å². The number of benzene rings is 12. The predicted molar refractivity (Wildman–Crippen MR) is 259 cm³/mol. The summed E-state index contributed by atoms with van der Waals surface area (Å²) in [5.74, 6) is 0. The first-order chi connectivity index (χ1) is 29.8. The zero-order valence-corrected chi connectivity index (χ0v) is 32.9. The Bertz CT molecular complexity index is 3520. The van der Waals surface area contributed by atoms with Gasteiger partial charge >= 0.3 is 0 Å². The Labute approximate surface area is 349 Å². The fourth-order valence-electron chi connectivity index (χ4n) is 10.1. The fourth-order valence-corrected chi connectivity index (χ4v) is 10.1. The summed E-state index contributed by atoms with van der Waals surface area (Å²) in [6.07, 6.45) is 0. The van der Waals surface area contributed by atoms with Gasteiger partial charge in [0.1, 0.15) is 0 Å². The third-order valence-electron chi connectivity index (χ3n) is 12.6. The lowest BCUT2D eigenvalue weighted by Crippen LogP contribution is -1.95. The molecule has 0 saturated carbocycles. The molecule has 0 unspecified atom stereocenters. The van der Waals surface area contributed by atoms with Crippen LogP contribution in [0.4, 0.5) is 0 Å². The average Bonchev–Trinajstić information content (AvgIpc) is 3.32. The fraction of sp³-hybridized carbons (Fsp3) is 0. The van der Waals surface area contributed by atoms with Gasteiger partial charge in [0.25, 0.3) is 0 Å². The summed E-state index contributed by atoms with van der Waals surface area (Å²) in [5, 5.41) is 15.0. The van der Waals surface area contributed by atoms with E-state index in [2.05, 4.69) is 231 Å². The molecule has 12 aromatic carbocycles. The van der Waals surface area contributed by atoms with Gasteiger partial charge in [-0.2, -0.15) is 0 Å². The molecule has 12 rings (SSSR count). The molecule has 0 heterocycles. The first-order valence-corrected chi connectivity index (χ1v) is 20.9. The molecular formula is C60H38. The minimum absolute atomic E-state index is 1.22. The van der Waals surface area contributed by atoms with Gasteiger partial charge in [0.2, 0.25) is 0 Å². The summed E-state index contributed by atoms with van der Waals surface area (Å²) in [4.78, 5) is 0. The van der Waals surface area contributed by atoms with Gasteiger partial charge in [-0.3, -0.25) is 0 Å². The summed E-state index contributed by atoms with van der Waals surface area (Å²) in [6.45, 7) is 0. The molecule has 0 nitrogen and oxygen atoms in total. The Kier molecular flexibility index (Phi) is 7.96. The van der Waals surface area contributed by atoms with Crippen molar-refractivity contribution in [3.05, 3.63) is 231 Å². The topological polar surface area (TPSA) is 0 Å². The Morgan fingerprint density at radius 1 is 0.167 bits per heavy atom. The van der Waals surface area contributed by atoms with E-state index >= 15 is 0 Å². The van der Waals surface area contributed by atoms with Crippen LogP contribution in [-0.2, 0) is 0 Å². The van der Waals surface area contributed by atoms with Gasteiger partial charge in [-0.15, -0.1) is 0 Å². The van der Waals surface area contributed by atoms with Crippen molar-refractivity contribution >= 4 is 64.6 Å². The highest BCUT2D eigenvalue weighted by Gasteiger charge is 2.23. The van der Waals surface area contributed by atoms with Crippen molar-refractivity contribution in [1.29, 1.82) is 0 Å². The monoisotopic (exact) mass is 758 g/mol. The van der Waals surface area contributed by atoms with E-state index in [0.717, 1.165) is 0 Å². The van der Waals surface area contributed by atoms with Crippen LogP contribution in [0.2, 0.25) is 0 Å². The van der Waals surface area contributed by atoms with Gasteiger partial charge in [-0.05, 0) is 132 Å². The molecule has 0 N–H and O–H groups in total. The SMILES string of the molecule is c1ccc(-c2cc3ccccc3cc2-c2c3ccccc3c(-c3ccc(-c4c5ccccc5c(-c5ccccc5)c5ccccc45)c4ccccc34)c3ccccc23)cc1. The molecule has 0 amide bonds. The number of fused-ring (bicyclic) bond motifs is 6. The molecule has 0 saturated heterocycles. The van der Waals surface area contributed by atoms with Crippen molar-refractivity contribution in [3.63, 3.8) is 0 Å². The zero-order chi connectivity index (χ0) is 39.6. The predicted octanol–water partition coefficient (Wildman–Crippen LogP) is 16.9. The molecule has 0 fully saturated rings. The molecule has 0 radical (unpaired) electrons. The molecule has 0 aliphatic rings. The van der Waals surface area contributed by atoms with E-state index in [-0.39, 0.29) is 0 Å². The van der Waals surface area contributed by atoms with Crippen molar-refractivity contribution in [1.82, 2.24) is 0 Å². The van der Waals surface area contributed by atoms with Crippen molar-refractivity contribution in [2.24, 2.45) is 0 Å². The lowest BCUT2D eigenvalue weighted by molar-refractivity contribution is 1.63. The first-order valence-electron chi connectivity index (χ1n) is 20.9. The lowest BCUT2D eigenvalue weighted by Gasteiger charge is -2.22. The highest BCUT2D eigenvalue weighted by atomic mass is 14.3. The number of hydrogen-bond donors (Lipinski definition) is 0. The van der Waals surface area contributed by atoms with Crippen LogP contribution in [0.15, 0.2) is 231 Å². The normalized spacial score (nSPS) is 11.7. The summed E-state index contributed by atoms with van der Waals surface area (Å²) in [5.41, 5.74) is 12.5. The minimum atomic E-state index is 1.22. The average molecular weight is 759 g/mol. The quantitative estimate of drug-likeness (QED) is 0.153. The van der Waals surface area contributed by atoms with E-state index in [0.29, 0.717) is 0 Å². The molecule has 0 aliphatic heterocycles. The Balaban J connectivity index is 1.16. The molecule has 0 heteroatoms. The summed E-state index contributed by atoms with van der Waals surface area (Å²) < 4.78 is 0. The molecular weight excluding hydrogens is 721 g/mol. The maximum atomic E-state index is 2.41. The molecule has 0 atom stereocenters. The second-order valence-electron chi connectivity index (χ2n) is 15.9. The van der Waals surface area contributed by atoms with E-state index < -0.39 is 0 Å². The van der Waals surface area contributed by atoms with E-state index in [4.69, 9.17) is 0 Å². The number of rotatable bonds is 5.